The molecular formula is C17H22N4O3S. The Labute approximate surface area is 147 Å². The molecule has 25 heavy (non-hydrogen) atoms. The van der Waals surface area contributed by atoms with Crippen LogP contribution in [0.25, 0.3) is 0 Å². The first-order valence-corrected chi connectivity index (χ1v) is 9.69. The maximum Gasteiger partial charge on any atom is 0.251 e. The number of carbonyl (C=O) groups is 1. The molecule has 1 amide bonds. The molecule has 2 aromatic rings. The van der Waals surface area contributed by atoms with Gasteiger partial charge in [0.1, 0.15) is 5.82 Å². The number of hydrogen-bond donors (Lipinski definition) is 1. The molecular weight excluding hydrogens is 340 g/mol. The highest BCUT2D eigenvalue weighted by atomic mass is 32.2. The minimum atomic E-state index is -3.64. The van der Waals surface area contributed by atoms with E-state index in [0.29, 0.717) is 5.56 Å². The van der Waals surface area contributed by atoms with Crippen molar-refractivity contribution in [1.82, 2.24) is 19.2 Å². The SMILES string of the molecule is CNC(=O)c1ccc(S(=O)(=O)N(C)Cc2cn3c(n2)CCCC3)cc1. The quantitative estimate of drug-likeness (QED) is 0.871. The van der Waals surface area contributed by atoms with Gasteiger partial charge < -0.3 is 9.88 Å². The van der Waals surface area contributed by atoms with Gasteiger partial charge in [-0.2, -0.15) is 4.31 Å². The number of benzene rings is 1. The Kier molecular flexibility index (Phi) is 4.91. The van der Waals surface area contributed by atoms with Crippen molar-refractivity contribution in [3.63, 3.8) is 0 Å². The lowest BCUT2D eigenvalue weighted by Crippen LogP contribution is -2.27. The molecule has 1 aromatic heterocycles. The van der Waals surface area contributed by atoms with Crippen LogP contribution in [0.4, 0.5) is 0 Å². The number of fused-ring (bicyclic) bond motifs is 1. The first-order chi connectivity index (χ1) is 11.9. The molecule has 1 N–H and O–H groups in total. The van der Waals surface area contributed by atoms with E-state index >= 15 is 0 Å². The molecule has 0 saturated heterocycles. The number of nitrogens with zero attached hydrogens (tertiary/aromatic N) is 3. The molecule has 0 bridgehead atoms. The topological polar surface area (TPSA) is 84.3 Å². The van der Waals surface area contributed by atoms with E-state index in [-0.39, 0.29) is 17.3 Å². The van der Waals surface area contributed by atoms with E-state index in [4.69, 9.17) is 0 Å². The van der Waals surface area contributed by atoms with E-state index in [1.54, 1.807) is 7.05 Å². The van der Waals surface area contributed by atoms with Crippen molar-refractivity contribution in [2.45, 2.75) is 37.2 Å². The van der Waals surface area contributed by atoms with E-state index in [0.717, 1.165) is 37.3 Å². The molecule has 8 heteroatoms. The summed E-state index contributed by atoms with van der Waals surface area (Å²) in [6, 6.07) is 5.92. The van der Waals surface area contributed by atoms with Gasteiger partial charge in [-0.05, 0) is 37.1 Å². The molecule has 0 unspecified atom stereocenters. The second kappa shape index (κ2) is 6.97. The van der Waals surface area contributed by atoms with E-state index in [9.17, 15) is 13.2 Å². The minimum absolute atomic E-state index is 0.159. The highest BCUT2D eigenvalue weighted by molar-refractivity contribution is 7.89. The largest absolute Gasteiger partial charge is 0.355 e. The van der Waals surface area contributed by atoms with Crippen molar-refractivity contribution in [2.75, 3.05) is 14.1 Å². The lowest BCUT2D eigenvalue weighted by atomic mass is 10.2. The standard InChI is InChI=1S/C17H22N4O3S/c1-18-17(22)13-6-8-15(9-7-13)25(23,24)20(2)11-14-12-21-10-4-3-5-16(21)19-14/h6-9,12H,3-5,10-11H2,1-2H3,(H,18,22). The molecule has 1 aliphatic heterocycles. The lowest BCUT2D eigenvalue weighted by molar-refractivity contribution is 0.0963. The summed E-state index contributed by atoms with van der Waals surface area (Å²) >= 11 is 0. The Morgan fingerprint density at radius 3 is 2.64 bits per heavy atom. The van der Waals surface area contributed by atoms with Crippen LogP contribution in [0.1, 0.15) is 34.7 Å². The molecule has 1 aliphatic rings. The lowest BCUT2D eigenvalue weighted by Gasteiger charge is -2.16. The summed E-state index contributed by atoms with van der Waals surface area (Å²) in [5.74, 6) is 0.780. The van der Waals surface area contributed by atoms with Gasteiger partial charge in [0, 0.05) is 38.8 Å². The number of carbonyl (C=O) groups excluding carboxylic acids is 1. The van der Waals surface area contributed by atoms with Crippen LogP contribution < -0.4 is 5.32 Å². The fourth-order valence-corrected chi connectivity index (χ4v) is 4.11. The highest BCUT2D eigenvalue weighted by Gasteiger charge is 2.23. The van der Waals surface area contributed by atoms with Crippen LogP contribution >= 0.6 is 0 Å². The van der Waals surface area contributed by atoms with E-state index in [1.807, 2.05) is 6.20 Å². The minimum Gasteiger partial charge on any atom is -0.355 e. The van der Waals surface area contributed by atoms with E-state index in [1.165, 1.54) is 35.6 Å². The van der Waals surface area contributed by atoms with Crippen molar-refractivity contribution in [3.8, 4) is 0 Å². The average Bonchev–Trinajstić information content (AvgIpc) is 3.03. The molecule has 0 radical (unpaired) electrons. The average molecular weight is 362 g/mol. The van der Waals surface area contributed by atoms with Gasteiger partial charge in [-0.15, -0.1) is 0 Å². The molecule has 0 spiro atoms. The first-order valence-electron chi connectivity index (χ1n) is 8.25. The maximum atomic E-state index is 12.7. The summed E-state index contributed by atoms with van der Waals surface area (Å²) in [7, 11) is -0.560. The number of aryl methyl sites for hydroxylation is 2. The van der Waals surface area contributed by atoms with Crippen LogP contribution in [0.3, 0.4) is 0 Å². The number of nitrogens with one attached hydrogen (secondary N) is 1. The Morgan fingerprint density at radius 2 is 2.00 bits per heavy atom. The zero-order valence-corrected chi connectivity index (χ0v) is 15.2. The van der Waals surface area contributed by atoms with Crippen LogP contribution in [0.15, 0.2) is 35.4 Å². The van der Waals surface area contributed by atoms with Gasteiger partial charge in [0.25, 0.3) is 5.91 Å². The van der Waals surface area contributed by atoms with Crippen LogP contribution in [0, 0.1) is 0 Å². The second-order valence-electron chi connectivity index (χ2n) is 6.16. The van der Waals surface area contributed by atoms with Crippen molar-refractivity contribution < 1.29 is 13.2 Å². The van der Waals surface area contributed by atoms with Crippen molar-refractivity contribution >= 4 is 15.9 Å². The molecule has 0 fully saturated rings. The number of sulfonamides is 1. The summed E-state index contributed by atoms with van der Waals surface area (Å²) in [5, 5.41) is 2.51. The van der Waals surface area contributed by atoms with Gasteiger partial charge in [-0.3, -0.25) is 4.79 Å². The van der Waals surface area contributed by atoms with Gasteiger partial charge in [-0.25, -0.2) is 13.4 Å². The fraction of sp³-hybridized carbons (Fsp3) is 0.412. The third-order valence-electron chi connectivity index (χ3n) is 4.39. The van der Waals surface area contributed by atoms with Crippen LogP contribution in [0.2, 0.25) is 0 Å². The van der Waals surface area contributed by atoms with Crippen LogP contribution in [-0.4, -0.2) is 42.3 Å². The zero-order valence-electron chi connectivity index (χ0n) is 14.4. The molecule has 0 aliphatic carbocycles. The number of hydrogen-bond acceptors (Lipinski definition) is 4. The van der Waals surface area contributed by atoms with E-state index < -0.39 is 10.0 Å². The van der Waals surface area contributed by atoms with E-state index in [2.05, 4.69) is 14.9 Å². The van der Waals surface area contributed by atoms with Gasteiger partial charge in [0.05, 0.1) is 17.1 Å². The van der Waals surface area contributed by atoms with Gasteiger partial charge in [0.15, 0.2) is 0 Å². The smallest absolute Gasteiger partial charge is 0.251 e. The molecule has 3 rings (SSSR count). The summed E-state index contributed by atoms with van der Waals surface area (Å²) in [6.07, 6.45) is 5.14. The summed E-state index contributed by atoms with van der Waals surface area (Å²) in [4.78, 5) is 16.3. The van der Waals surface area contributed by atoms with Gasteiger partial charge >= 0.3 is 0 Å². The third kappa shape index (κ3) is 3.59. The summed E-state index contributed by atoms with van der Waals surface area (Å²) < 4.78 is 28.8. The van der Waals surface area contributed by atoms with Gasteiger partial charge in [0.2, 0.25) is 10.0 Å². The normalized spacial score (nSPS) is 14.4. The van der Waals surface area contributed by atoms with Crippen molar-refractivity contribution in [2.24, 2.45) is 0 Å². The van der Waals surface area contributed by atoms with Crippen molar-refractivity contribution in [3.05, 3.63) is 47.5 Å². The summed E-state index contributed by atoms with van der Waals surface area (Å²) in [5.41, 5.74) is 1.18. The monoisotopic (exact) mass is 362 g/mol. The Hall–Kier alpha value is -2.19. The molecule has 0 atom stereocenters. The number of imidazole rings is 1. The molecule has 0 saturated carbocycles. The Bertz CT molecular complexity index is 848. The Morgan fingerprint density at radius 1 is 1.28 bits per heavy atom. The first kappa shape index (κ1) is 17.6. The van der Waals surface area contributed by atoms with Gasteiger partial charge in [-0.1, -0.05) is 0 Å². The fourth-order valence-electron chi connectivity index (χ4n) is 2.96. The number of aromatic nitrogens is 2. The third-order valence-corrected chi connectivity index (χ3v) is 6.21. The molecule has 7 nitrogen and oxygen atoms in total. The summed E-state index contributed by atoms with van der Waals surface area (Å²) in [6.45, 7) is 1.17. The zero-order chi connectivity index (χ0) is 18.0. The molecule has 134 valence electrons. The van der Waals surface area contributed by atoms with Crippen LogP contribution in [0.5, 0.6) is 0 Å². The predicted octanol–water partition coefficient (Wildman–Crippen LogP) is 1.40. The number of rotatable bonds is 5. The second-order valence-corrected chi connectivity index (χ2v) is 8.21. The van der Waals surface area contributed by atoms with Crippen LogP contribution in [-0.2, 0) is 29.5 Å². The maximum absolute atomic E-state index is 12.7. The Balaban J connectivity index is 1.77. The highest BCUT2D eigenvalue weighted by Crippen LogP contribution is 2.19. The molecule has 2 heterocycles. The predicted molar refractivity (Wildman–Crippen MR) is 93.7 cm³/mol. The van der Waals surface area contributed by atoms with Crippen molar-refractivity contribution in [1.29, 1.82) is 0 Å². The molecule has 1 aromatic carbocycles. The number of amides is 1.